The standard InChI is InChI=1S/C19H27N3O2S/c1-14-12-25-13-16(14)8-9-20-19(24)21-11-17(22(2)3)10-15-4-6-18(23)7-5-15/h4-7,12-13,17,23H,8-11H2,1-3H3,(H2,20,21,24). The maximum Gasteiger partial charge on any atom is 0.314 e. The molecule has 1 unspecified atom stereocenters. The molecule has 0 bridgehead atoms. The topological polar surface area (TPSA) is 64.6 Å². The first kappa shape index (κ1) is 19.3. The molecule has 0 saturated carbocycles. The Morgan fingerprint density at radius 2 is 1.92 bits per heavy atom. The van der Waals surface area contributed by atoms with Crippen LogP contribution in [0.2, 0.25) is 0 Å². The normalized spacial score (nSPS) is 12.2. The lowest BCUT2D eigenvalue weighted by atomic mass is 10.1. The van der Waals surface area contributed by atoms with E-state index in [0.717, 1.165) is 18.4 Å². The summed E-state index contributed by atoms with van der Waals surface area (Å²) >= 11 is 1.69. The zero-order chi connectivity index (χ0) is 18.2. The highest BCUT2D eigenvalue weighted by Gasteiger charge is 2.13. The molecule has 136 valence electrons. The Kier molecular flexibility index (Phi) is 7.28. The number of likely N-dealkylation sites (N-methyl/N-ethyl adjacent to an activating group) is 1. The minimum atomic E-state index is -0.134. The van der Waals surface area contributed by atoms with Gasteiger partial charge in [-0.05, 0) is 73.4 Å². The molecule has 2 rings (SSSR count). The highest BCUT2D eigenvalue weighted by Crippen LogP contribution is 2.14. The second-order valence-electron chi connectivity index (χ2n) is 6.45. The average Bonchev–Trinajstić information content (AvgIpc) is 2.98. The predicted molar refractivity (Wildman–Crippen MR) is 103 cm³/mol. The molecular weight excluding hydrogens is 334 g/mol. The van der Waals surface area contributed by atoms with E-state index >= 15 is 0 Å². The van der Waals surface area contributed by atoms with E-state index < -0.39 is 0 Å². The van der Waals surface area contributed by atoms with E-state index in [2.05, 4.69) is 33.2 Å². The number of nitrogens with zero attached hydrogens (tertiary/aromatic N) is 1. The molecule has 1 atom stereocenters. The maximum absolute atomic E-state index is 12.0. The number of carbonyl (C=O) groups is 1. The Hall–Kier alpha value is -2.05. The fourth-order valence-corrected chi connectivity index (χ4v) is 3.46. The molecule has 2 amide bonds. The van der Waals surface area contributed by atoms with E-state index in [-0.39, 0.29) is 17.8 Å². The first-order chi connectivity index (χ1) is 12.0. The lowest BCUT2D eigenvalue weighted by molar-refractivity contribution is 0.232. The molecule has 2 aromatic rings. The van der Waals surface area contributed by atoms with Gasteiger partial charge in [0.15, 0.2) is 0 Å². The van der Waals surface area contributed by atoms with Crippen LogP contribution < -0.4 is 10.6 Å². The molecular formula is C19H27N3O2S. The zero-order valence-electron chi connectivity index (χ0n) is 15.1. The van der Waals surface area contributed by atoms with Crippen LogP contribution in [0.4, 0.5) is 4.79 Å². The highest BCUT2D eigenvalue weighted by molar-refractivity contribution is 7.08. The Morgan fingerprint density at radius 1 is 1.20 bits per heavy atom. The summed E-state index contributed by atoms with van der Waals surface area (Å²) in [5.41, 5.74) is 3.71. The molecule has 5 nitrogen and oxygen atoms in total. The number of benzene rings is 1. The lowest BCUT2D eigenvalue weighted by Crippen LogP contribution is -2.45. The van der Waals surface area contributed by atoms with Crippen molar-refractivity contribution in [3.63, 3.8) is 0 Å². The minimum absolute atomic E-state index is 0.134. The molecule has 25 heavy (non-hydrogen) atoms. The lowest BCUT2D eigenvalue weighted by Gasteiger charge is -2.25. The molecule has 0 aliphatic rings. The van der Waals surface area contributed by atoms with Gasteiger partial charge in [-0.1, -0.05) is 12.1 Å². The third-order valence-electron chi connectivity index (χ3n) is 4.28. The van der Waals surface area contributed by atoms with E-state index in [1.165, 1.54) is 11.1 Å². The predicted octanol–water partition coefficient (Wildman–Crippen LogP) is 2.78. The van der Waals surface area contributed by atoms with Crippen molar-refractivity contribution in [2.24, 2.45) is 0 Å². The Morgan fingerprint density at radius 3 is 2.52 bits per heavy atom. The zero-order valence-corrected chi connectivity index (χ0v) is 15.9. The number of urea groups is 1. The second kappa shape index (κ2) is 9.44. The van der Waals surface area contributed by atoms with Gasteiger partial charge in [0.2, 0.25) is 0 Å². The molecule has 0 aliphatic heterocycles. The third kappa shape index (κ3) is 6.40. The summed E-state index contributed by atoms with van der Waals surface area (Å²) in [6.45, 7) is 3.29. The summed E-state index contributed by atoms with van der Waals surface area (Å²) in [6.07, 6.45) is 1.66. The first-order valence-electron chi connectivity index (χ1n) is 8.43. The quantitative estimate of drug-likeness (QED) is 0.677. The summed E-state index contributed by atoms with van der Waals surface area (Å²) in [4.78, 5) is 14.1. The molecule has 1 aromatic heterocycles. The average molecular weight is 362 g/mol. The van der Waals surface area contributed by atoms with E-state index in [1.54, 1.807) is 23.5 Å². The van der Waals surface area contributed by atoms with Gasteiger partial charge in [-0.3, -0.25) is 0 Å². The molecule has 0 aliphatic carbocycles. The molecule has 1 aromatic carbocycles. The number of aryl methyl sites for hydroxylation is 1. The number of aromatic hydroxyl groups is 1. The Balaban J connectivity index is 1.75. The van der Waals surface area contributed by atoms with Crippen LogP contribution in [0.5, 0.6) is 5.75 Å². The van der Waals surface area contributed by atoms with Crippen molar-refractivity contribution in [1.82, 2.24) is 15.5 Å². The highest BCUT2D eigenvalue weighted by atomic mass is 32.1. The van der Waals surface area contributed by atoms with Gasteiger partial charge >= 0.3 is 6.03 Å². The number of thiophene rings is 1. The molecule has 0 radical (unpaired) electrons. The van der Waals surface area contributed by atoms with Crippen molar-refractivity contribution >= 4 is 17.4 Å². The number of phenols is 1. The first-order valence-corrected chi connectivity index (χ1v) is 9.37. The number of amides is 2. The summed E-state index contributed by atoms with van der Waals surface area (Å²) < 4.78 is 0. The van der Waals surface area contributed by atoms with E-state index in [9.17, 15) is 9.90 Å². The van der Waals surface area contributed by atoms with Crippen molar-refractivity contribution in [2.45, 2.75) is 25.8 Å². The maximum atomic E-state index is 12.0. The van der Waals surface area contributed by atoms with Gasteiger partial charge in [0, 0.05) is 19.1 Å². The van der Waals surface area contributed by atoms with Crippen molar-refractivity contribution in [1.29, 1.82) is 0 Å². The van der Waals surface area contributed by atoms with Gasteiger partial charge in [0.1, 0.15) is 5.75 Å². The van der Waals surface area contributed by atoms with Gasteiger partial charge in [0.25, 0.3) is 0 Å². The minimum Gasteiger partial charge on any atom is -0.508 e. The Bertz CT molecular complexity index is 668. The summed E-state index contributed by atoms with van der Waals surface area (Å²) in [6, 6.07) is 7.26. The van der Waals surface area contributed by atoms with Crippen LogP contribution in [0.3, 0.4) is 0 Å². The van der Waals surface area contributed by atoms with Gasteiger partial charge in [-0.25, -0.2) is 4.79 Å². The van der Waals surface area contributed by atoms with Crippen molar-refractivity contribution in [3.8, 4) is 5.75 Å². The number of carbonyl (C=O) groups excluding carboxylic acids is 1. The molecule has 3 N–H and O–H groups in total. The number of hydrogen-bond donors (Lipinski definition) is 3. The van der Waals surface area contributed by atoms with Crippen LogP contribution in [0.25, 0.3) is 0 Å². The molecule has 0 fully saturated rings. The van der Waals surface area contributed by atoms with E-state index in [0.29, 0.717) is 13.1 Å². The van der Waals surface area contributed by atoms with Crippen LogP contribution >= 0.6 is 11.3 Å². The largest absolute Gasteiger partial charge is 0.508 e. The van der Waals surface area contributed by atoms with E-state index in [1.807, 2.05) is 26.2 Å². The fraction of sp³-hybridized carbons (Fsp3) is 0.421. The smallest absolute Gasteiger partial charge is 0.314 e. The van der Waals surface area contributed by atoms with E-state index in [4.69, 9.17) is 0 Å². The number of nitrogens with one attached hydrogen (secondary N) is 2. The van der Waals surface area contributed by atoms with Gasteiger partial charge in [0.05, 0.1) is 0 Å². The monoisotopic (exact) mass is 361 g/mol. The Labute approximate surface area is 153 Å². The van der Waals surface area contributed by atoms with Crippen molar-refractivity contribution in [2.75, 3.05) is 27.2 Å². The molecule has 0 spiro atoms. The van der Waals surface area contributed by atoms with Crippen LogP contribution in [0, 0.1) is 6.92 Å². The van der Waals surface area contributed by atoms with Crippen LogP contribution in [-0.2, 0) is 12.8 Å². The second-order valence-corrected chi connectivity index (χ2v) is 7.20. The third-order valence-corrected chi connectivity index (χ3v) is 5.19. The van der Waals surface area contributed by atoms with Crippen molar-refractivity contribution in [3.05, 3.63) is 51.7 Å². The van der Waals surface area contributed by atoms with Gasteiger partial charge in [-0.15, -0.1) is 0 Å². The number of rotatable bonds is 8. The summed E-state index contributed by atoms with van der Waals surface area (Å²) in [5, 5.41) is 19.5. The molecule has 6 heteroatoms. The number of phenolic OH excluding ortho intramolecular Hbond substituents is 1. The van der Waals surface area contributed by atoms with Gasteiger partial charge in [-0.2, -0.15) is 11.3 Å². The summed E-state index contributed by atoms with van der Waals surface area (Å²) in [5.74, 6) is 0.267. The SMILES string of the molecule is Cc1cscc1CCNC(=O)NCC(Cc1ccc(O)cc1)N(C)C. The van der Waals surface area contributed by atoms with Crippen LogP contribution in [-0.4, -0.2) is 49.3 Å². The molecule has 1 heterocycles. The van der Waals surface area contributed by atoms with Crippen LogP contribution in [0.1, 0.15) is 16.7 Å². The van der Waals surface area contributed by atoms with Crippen LogP contribution in [0.15, 0.2) is 35.0 Å². The fourth-order valence-electron chi connectivity index (χ4n) is 2.57. The number of hydrogen-bond acceptors (Lipinski definition) is 4. The molecule has 0 saturated heterocycles. The summed E-state index contributed by atoms with van der Waals surface area (Å²) in [7, 11) is 4.01. The van der Waals surface area contributed by atoms with Crippen molar-refractivity contribution < 1.29 is 9.90 Å². The van der Waals surface area contributed by atoms with Gasteiger partial charge < -0.3 is 20.6 Å².